The number of aliphatic carboxylic acids is 1. The highest BCUT2D eigenvalue weighted by molar-refractivity contribution is 6.01. The van der Waals surface area contributed by atoms with Crippen molar-refractivity contribution < 1.29 is 14.7 Å². The fraction of sp³-hybridized carbons (Fsp3) is 0.600. The molecular weight excluding hydrogens is 182 g/mol. The number of carbonyl (C=O) groups excluding carboxylic acids is 1. The van der Waals surface area contributed by atoms with Crippen LogP contribution in [0, 0.1) is 5.92 Å². The number of hydrogen-bond acceptors (Lipinski definition) is 3. The van der Waals surface area contributed by atoms with Crippen LogP contribution in [-0.4, -0.2) is 29.4 Å². The number of allylic oxidation sites excluding steroid dienone is 1. The van der Waals surface area contributed by atoms with Gasteiger partial charge in [-0.25, -0.2) is 0 Å². The van der Waals surface area contributed by atoms with Crippen LogP contribution in [0.4, 0.5) is 0 Å². The van der Waals surface area contributed by atoms with Crippen molar-refractivity contribution in [2.75, 3.05) is 6.54 Å². The van der Waals surface area contributed by atoms with Gasteiger partial charge in [0.2, 0.25) is 0 Å². The number of hydrogen-bond donors (Lipinski definition) is 2. The van der Waals surface area contributed by atoms with Gasteiger partial charge in [-0.15, -0.1) is 6.58 Å². The van der Waals surface area contributed by atoms with E-state index in [-0.39, 0.29) is 18.2 Å². The molecule has 0 aliphatic carbocycles. The zero-order chi connectivity index (χ0) is 10.6. The van der Waals surface area contributed by atoms with E-state index in [1.54, 1.807) is 0 Å². The van der Waals surface area contributed by atoms with E-state index in [0.29, 0.717) is 0 Å². The number of nitrogens with one attached hydrogen (secondary N) is 1. The third kappa shape index (κ3) is 2.42. The van der Waals surface area contributed by atoms with Gasteiger partial charge in [0.25, 0.3) is 0 Å². The second-order valence-electron chi connectivity index (χ2n) is 3.47. The van der Waals surface area contributed by atoms with Gasteiger partial charge in [-0.2, -0.15) is 0 Å². The molecule has 4 nitrogen and oxygen atoms in total. The third-order valence-corrected chi connectivity index (χ3v) is 2.45. The molecule has 0 amide bonds. The molecule has 0 bridgehead atoms. The Morgan fingerprint density at radius 3 is 2.79 bits per heavy atom. The summed E-state index contributed by atoms with van der Waals surface area (Å²) < 4.78 is 0. The second-order valence-corrected chi connectivity index (χ2v) is 3.47. The number of ketones is 1. The molecule has 1 aliphatic heterocycles. The van der Waals surface area contributed by atoms with Crippen LogP contribution in [0.25, 0.3) is 0 Å². The Kier molecular flexibility index (Phi) is 3.83. The number of Topliss-reactive ketones (excluding diaryl/α,β-unsaturated/α-hetero) is 1. The summed E-state index contributed by atoms with van der Waals surface area (Å²) in [6, 6.07) is -0.268. The van der Waals surface area contributed by atoms with Gasteiger partial charge >= 0.3 is 5.97 Å². The smallest absolute Gasteiger partial charge is 0.314 e. The molecule has 0 aromatic rings. The van der Waals surface area contributed by atoms with Crippen LogP contribution in [0.3, 0.4) is 0 Å². The highest BCUT2D eigenvalue weighted by Gasteiger charge is 2.32. The monoisotopic (exact) mass is 197 g/mol. The Labute approximate surface area is 83.0 Å². The molecule has 1 rings (SSSR count). The number of carbonyl (C=O) groups is 2. The summed E-state index contributed by atoms with van der Waals surface area (Å²) in [6.07, 6.45) is 3.38. The molecule has 1 heterocycles. The Balaban J connectivity index is 2.61. The fourth-order valence-electron chi connectivity index (χ4n) is 1.68. The average Bonchev–Trinajstić information content (AvgIpc) is 2.65. The molecule has 14 heavy (non-hydrogen) atoms. The molecule has 1 unspecified atom stereocenters. The number of carboxylic acid groups (broad SMARTS) is 1. The van der Waals surface area contributed by atoms with Gasteiger partial charge < -0.3 is 10.4 Å². The predicted molar refractivity (Wildman–Crippen MR) is 52.0 cm³/mol. The quantitative estimate of drug-likeness (QED) is 0.500. The van der Waals surface area contributed by atoms with E-state index >= 15 is 0 Å². The van der Waals surface area contributed by atoms with Crippen molar-refractivity contribution in [2.45, 2.75) is 25.3 Å². The molecule has 0 saturated carbocycles. The summed E-state index contributed by atoms with van der Waals surface area (Å²) in [5.74, 6) is -2.19. The van der Waals surface area contributed by atoms with E-state index in [9.17, 15) is 9.59 Å². The maximum atomic E-state index is 11.7. The van der Waals surface area contributed by atoms with E-state index in [1.165, 1.54) is 6.08 Å². The van der Waals surface area contributed by atoms with Crippen LogP contribution in [0.1, 0.15) is 19.3 Å². The van der Waals surface area contributed by atoms with Crippen LogP contribution in [-0.2, 0) is 9.59 Å². The van der Waals surface area contributed by atoms with Crippen molar-refractivity contribution in [1.82, 2.24) is 5.32 Å². The Morgan fingerprint density at radius 1 is 1.64 bits per heavy atom. The molecule has 2 N–H and O–H groups in total. The highest BCUT2D eigenvalue weighted by Crippen LogP contribution is 2.14. The van der Waals surface area contributed by atoms with Gasteiger partial charge in [0.05, 0.1) is 6.04 Å². The van der Waals surface area contributed by atoms with Gasteiger partial charge in [-0.05, 0) is 25.8 Å². The Morgan fingerprint density at radius 2 is 2.36 bits per heavy atom. The van der Waals surface area contributed by atoms with Gasteiger partial charge in [0.15, 0.2) is 5.78 Å². The summed E-state index contributed by atoms with van der Waals surface area (Å²) in [5, 5.41) is 11.8. The summed E-state index contributed by atoms with van der Waals surface area (Å²) in [6.45, 7) is 4.26. The first kappa shape index (κ1) is 10.9. The van der Waals surface area contributed by atoms with Crippen LogP contribution >= 0.6 is 0 Å². The zero-order valence-corrected chi connectivity index (χ0v) is 8.03. The second kappa shape index (κ2) is 4.91. The van der Waals surface area contributed by atoms with Crippen LogP contribution < -0.4 is 5.32 Å². The van der Waals surface area contributed by atoms with Crippen molar-refractivity contribution in [3.8, 4) is 0 Å². The average molecular weight is 197 g/mol. The summed E-state index contributed by atoms with van der Waals surface area (Å²) in [5.41, 5.74) is 0. The van der Waals surface area contributed by atoms with Gasteiger partial charge in [-0.3, -0.25) is 9.59 Å². The highest BCUT2D eigenvalue weighted by atomic mass is 16.4. The summed E-state index contributed by atoms with van der Waals surface area (Å²) in [7, 11) is 0. The van der Waals surface area contributed by atoms with E-state index in [2.05, 4.69) is 11.9 Å². The third-order valence-electron chi connectivity index (χ3n) is 2.45. The lowest BCUT2D eigenvalue weighted by atomic mass is 9.94. The first-order chi connectivity index (χ1) is 6.66. The SMILES string of the molecule is C=CCC(C(=O)O)C(=O)[C@@H]1CCCN1. The van der Waals surface area contributed by atoms with Gasteiger partial charge in [-0.1, -0.05) is 6.08 Å². The van der Waals surface area contributed by atoms with E-state index < -0.39 is 11.9 Å². The molecule has 0 aromatic heterocycles. The molecule has 78 valence electrons. The standard InChI is InChI=1S/C10H15NO3/c1-2-4-7(10(13)14)9(12)8-5-3-6-11-8/h2,7-8,11H,1,3-6H2,(H,13,14)/t7?,8-/m0/s1. The van der Waals surface area contributed by atoms with Crippen molar-refractivity contribution in [3.05, 3.63) is 12.7 Å². The summed E-state index contributed by atoms with van der Waals surface area (Å²) in [4.78, 5) is 22.5. The molecular formula is C10H15NO3. The maximum Gasteiger partial charge on any atom is 0.314 e. The van der Waals surface area contributed by atoms with E-state index in [4.69, 9.17) is 5.11 Å². The van der Waals surface area contributed by atoms with Crippen molar-refractivity contribution in [2.24, 2.45) is 5.92 Å². The van der Waals surface area contributed by atoms with Crippen LogP contribution in [0.2, 0.25) is 0 Å². The zero-order valence-electron chi connectivity index (χ0n) is 8.03. The minimum absolute atomic E-state index is 0.213. The maximum absolute atomic E-state index is 11.7. The molecule has 0 aromatic carbocycles. The van der Waals surface area contributed by atoms with Crippen molar-refractivity contribution in [1.29, 1.82) is 0 Å². The number of rotatable bonds is 5. The summed E-state index contributed by atoms with van der Waals surface area (Å²) >= 11 is 0. The predicted octanol–water partition coefficient (Wildman–Crippen LogP) is 0.584. The van der Waals surface area contributed by atoms with Crippen molar-refractivity contribution in [3.63, 3.8) is 0 Å². The van der Waals surface area contributed by atoms with E-state index in [0.717, 1.165) is 19.4 Å². The molecule has 1 saturated heterocycles. The Bertz CT molecular complexity index is 244. The normalized spacial score (nSPS) is 23.0. The molecule has 1 fully saturated rings. The first-order valence-corrected chi connectivity index (χ1v) is 4.77. The number of carboxylic acids is 1. The lowest BCUT2D eigenvalue weighted by molar-refractivity contribution is -0.146. The largest absolute Gasteiger partial charge is 0.481 e. The fourth-order valence-corrected chi connectivity index (χ4v) is 1.68. The minimum Gasteiger partial charge on any atom is -0.481 e. The van der Waals surface area contributed by atoms with E-state index in [1.807, 2.05) is 0 Å². The van der Waals surface area contributed by atoms with Crippen LogP contribution in [0.15, 0.2) is 12.7 Å². The van der Waals surface area contributed by atoms with Gasteiger partial charge in [0, 0.05) is 0 Å². The lowest BCUT2D eigenvalue weighted by Gasteiger charge is -2.14. The lowest BCUT2D eigenvalue weighted by Crippen LogP contribution is -2.38. The molecule has 0 spiro atoms. The molecule has 4 heteroatoms. The molecule has 0 radical (unpaired) electrons. The minimum atomic E-state index is -1.05. The molecule has 1 aliphatic rings. The topological polar surface area (TPSA) is 66.4 Å². The van der Waals surface area contributed by atoms with Crippen LogP contribution in [0.5, 0.6) is 0 Å². The van der Waals surface area contributed by atoms with Crippen molar-refractivity contribution >= 4 is 11.8 Å². The molecule has 2 atom stereocenters. The Hall–Kier alpha value is -1.16. The van der Waals surface area contributed by atoms with Gasteiger partial charge in [0.1, 0.15) is 5.92 Å². The first-order valence-electron chi connectivity index (χ1n) is 4.77.